The molecule has 4 nitrogen and oxygen atoms in total. The number of benzene rings is 1. The summed E-state index contributed by atoms with van der Waals surface area (Å²) in [4.78, 5) is 16.7. The van der Waals surface area contributed by atoms with Crippen molar-refractivity contribution < 1.29 is 9.18 Å². The quantitative estimate of drug-likeness (QED) is 0.921. The third-order valence-electron chi connectivity index (χ3n) is 4.79. The number of carbonyl (C=O) groups excluding carboxylic acids is 1. The van der Waals surface area contributed by atoms with Gasteiger partial charge in [0.05, 0.1) is 0 Å². The van der Waals surface area contributed by atoms with Crippen LogP contribution in [0.3, 0.4) is 0 Å². The molecule has 0 aromatic heterocycles. The van der Waals surface area contributed by atoms with E-state index in [9.17, 15) is 9.18 Å². The number of nitrogens with zero attached hydrogens (tertiary/aromatic N) is 2. The highest BCUT2D eigenvalue weighted by molar-refractivity contribution is 5.94. The van der Waals surface area contributed by atoms with Crippen LogP contribution in [0.15, 0.2) is 24.3 Å². The molecule has 0 saturated carbocycles. The van der Waals surface area contributed by atoms with Gasteiger partial charge in [-0.1, -0.05) is 13.0 Å². The number of hydrogen-bond acceptors (Lipinski definition) is 3. The van der Waals surface area contributed by atoms with Crippen molar-refractivity contribution in [1.29, 1.82) is 0 Å². The smallest absolute Gasteiger partial charge is 0.254 e. The second-order valence-electron chi connectivity index (χ2n) is 6.82. The highest BCUT2D eigenvalue weighted by Gasteiger charge is 2.32. The fourth-order valence-electron chi connectivity index (χ4n) is 3.46. The van der Waals surface area contributed by atoms with Crippen LogP contribution in [0.1, 0.15) is 23.7 Å². The minimum absolute atomic E-state index is 0.0621. The zero-order chi connectivity index (χ0) is 15.6. The van der Waals surface area contributed by atoms with Crippen molar-refractivity contribution in [3.63, 3.8) is 0 Å². The van der Waals surface area contributed by atoms with Crippen molar-refractivity contribution in [1.82, 2.24) is 15.1 Å². The number of halogens is 1. The molecule has 0 aliphatic carbocycles. The Kier molecular flexibility index (Phi) is 4.45. The molecule has 1 unspecified atom stereocenters. The molecule has 2 heterocycles. The number of carbonyl (C=O) groups is 1. The number of piperazine rings is 1. The number of amides is 1. The van der Waals surface area contributed by atoms with Crippen molar-refractivity contribution in [3.05, 3.63) is 35.6 Å². The molecule has 1 atom stereocenters. The fourth-order valence-corrected chi connectivity index (χ4v) is 3.46. The van der Waals surface area contributed by atoms with Gasteiger partial charge in [0.1, 0.15) is 5.82 Å². The molecule has 22 heavy (non-hydrogen) atoms. The summed E-state index contributed by atoms with van der Waals surface area (Å²) in [5.41, 5.74) is 0.801. The molecule has 2 saturated heterocycles. The second kappa shape index (κ2) is 6.34. The lowest BCUT2D eigenvalue weighted by atomic mass is 9.89. The first-order chi connectivity index (χ1) is 10.6. The van der Waals surface area contributed by atoms with Crippen LogP contribution in [-0.4, -0.2) is 61.5 Å². The van der Waals surface area contributed by atoms with Gasteiger partial charge in [-0.15, -0.1) is 0 Å². The summed E-state index contributed by atoms with van der Waals surface area (Å²) in [5.74, 6) is -0.418. The highest BCUT2D eigenvalue weighted by atomic mass is 19.1. The van der Waals surface area contributed by atoms with E-state index in [2.05, 4.69) is 17.1 Å². The van der Waals surface area contributed by atoms with E-state index < -0.39 is 0 Å². The van der Waals surface area contributed by atoms with Crippen molar-refractivity contribution in [2.45, 2.75) is 13.3 Å². The SMILES string of the molecule is CC1(CN2CCN(C(=O)c3cccc(F)c3)CC2)CCNC1. The maximum absolute atomic E-state index is 13.2. The maximum atomic E-state index is 13.2. The number of nitrogens with one attached hydrogen (secondary N) is 1. The van der Waals surface area contributed by atoms with E-state index in [1.54, 1.807) is 12.1 Å². The Labute approximate surface area is 131 Å². The maximum Gasteiger partial charge on any atom is 0.254 e. The normalized spacial score (nSPS) is 26.4. The largest absolute Gasteiger partial charge is 0.336 e. The first kappa shape index (κ1) is 15.4. The summed E-state index contributed by atoms with van der Waals surface area (Å²) in [6.45, 7) is 8.84. The van der Waals surface area contributed by atoms with E-state index in [0.717, 1.165) is 45.8 Å². The van der Waals surface area contributed by atoms with Gasteiger partial charge < -0.3 is 10.2 Å². The zero-order valence-corrected chi connectivity index (χ0v) is 13.1. The van der Waals surface area contributed by atoms with E-state index in [-0.39, 0.29) is 11.7 Å². The summed E-state index contributed by atoms with van der Waals surface area (Å²) < 4.78 is 13.2. The molecule has 2 fully saturated rings. The van der Waals surface area contributed by atoms with Crippen LogP contribution < -0.4 is 5.32 Å². The second-order valence-corrected chi connectivity index (χ2v) is 6.82. The summed E-state index contributed by atoms with van der Waals surface area (Å²) in [5, 5.41) is 3.43. The first-order valence-corrected chi connectivity index (χ1v) is 8.04. The summed E-state index contributed by atoms with van der Waals surface area (Å²) in [6, 6.07) is 5.96. The molecule has 120 valence electrons. The first-order valence-electron chi connectivity index (χ1n) is 8.04. The van der Waals surface area contributed by atoms with Crippen LogP contribution in [-0.2, 0) is 0 Å². The Balaban J connectivity index is 1.54. The molecule has 0 radical (unpaired) electrons. The molecule has 5 heteroatoms. The molecule has 1 aromatic rings. The third kappa shape index (κ3) is 3.47. The van der Waals surface area contributed by atoms with Crippen LogP contribution in [0.4, 0.5) is 4.39 Å². The van der Waals surface area contributed by atoms with Gasteiger partial charge in [-0.3, -0.25) is 9.69 Å². The third-order valence-corrected chi connectivity index (χ3v) is 4.79. The Morgan fingerprint density at radius 2 is 2.09 bits per heavy atom. The van der Waals surface area contributed by atoms with Crippen molar-refractivity contribution >= 4 is 5.91 Å². The molecule has 1 aromatic carbocycles. The van der Waals surface area contributed by atoms with E-state index in [4.69, 9.17) is 0 Å². The Morgan fingerprint density at radius 3 is 2.73 bits per heavy atom. The zero-order valence-electron chi connectivity index (χ0n) is 13.1. The van der Waals surface area contributed by atoms with Gasteiger partial charge >= 0.3 is 0 Å². The average Bonchev–Trinajstić information content (AvgIpc) is 2.93. The van der Waals surface area contributed by atoms with Crippen LogP contribution >= 0.6 is 0 Å². The predicted octanol–water partition coefficient (Wildman–Crippen LogP) is 1.58. The molecular formula is C17H24FN3O. The van der Waals surface area contributed by atoms with Gasteiger partial charge in [0, 0.05) is 44.8 Å². The van der Waals surface area contributed by atoms with E-state index >= 15 is 0 Å². The lowest BCUT2D eigenvalue weighted by Gasteiger charge is -2.38. The minimum Gasteiger partial charge on any atom is -0.336 e. The van der Waals surface area contributed by atoms with Gasteiger partial charge in [0.15, 0.2) is 0 Å². The van der Waals surface area contributed by atoms with Gasteiger partial charge in [-0.05, 0) is 36.6 Å². The number of rotatable bonds is 3. The van der Waals surface area contributed by atoms with Crippen LogP contribution in [0.5, 0.6) is 0 Å². The van der Waals surface area contributed by atoms with E-state index in [1.807, 2.05) is 4.90 Å². The van der Waals surface area contributed by atoms with E-state index in [1.165, 1.54) is 18.6 Å². The lowest BCUT2D eigenvalue weighted by Crippen LogP contribution is -2.51. The monoisotopic (exact) mass is 305 g/mol. The standard InChI is InChI=1S/C17H24FN3O/c1-17(5-6-19-12-17)13-20-7-9-21(10-8-20)16(22)14-3-2-4-15(18)11-14/h2-4,11,19H,5-10,12-13H2,1H3. The van der Waals surface area contributed by atoms with Crippen molar-refractivity contribution in [3.8, 4) is 0 Å². The van der Waals surface area contributed by atoms with E-state index in [0.29, 0.717) is 11.0 Å². The lowest BCUT2D eigenvalue weighted by molar-refractivity contribution is 0.0581. The molecule has 0 spiro atoms. The Bertz CT molecular complexity index is 534. The predicted molar refractivity (Wildman–Crippen MR) is 84.3 cm³/mol. The van der Waals surface area contributed by atoms with Crippen molar-refractivity contribution in [2.75, 3.05) is 45.8 Å². The van der Waals surface area contributed by atoms with Crippen LogP contribution in [0.2, 0.25) is 0 Å². The molecule has 2 aliphatic rings. The molecule has 1 amide bonds. The van der Waals surface area contributed by atoms with Gasteiger partial charge in [0.2, 0.25) is 0 Å². The Morgan fingerprint density at radius 1 is 1.32 bits per heavy atom. The molecule has 3 rings (SSSR count). The van der Waals surface area contributed by atoms with Gasteiger partial charge in [-0.2, -0.15) is 0 Å². The van der Waals surface area contributed by atoms with Crippen molar-refractivity contribution in [2.24, 2.45) is 5.41 Å². The fraction of sp³-hybridized carbons (Fsp3) is 0.588. The number of hydrogen-bond donors (Lipinski definition) is 1. The molecule has 0 bridgehead atoms. The summed E-state index contributed by atoms with van der Waals surface area (Å²) >= 11 is 0. The van der Waals surface area contributed by atoms with Crippen LogP contribution in [0.25, 0.3) is 0 Å². The topological polar surface area (TPSA) is 35.6 Å². The average molecular weight is 305 g/mol. The molecule has 1 N–H and O–H groups in total. The van der Waals surface area contributed by atoms with Gasteiger partial charge in [-0.25, -0.2) is 4.39 Å². The van der Waals surface area contributed by atoms with Gasteiger partial charge in [0.25, 0.3) is 5.91 Å². The molecular weight excluding hydrogens is 281 g/mol. The molecule has 2 aliphatic heterocycles. The Hall–Kier alpha value is -1.46. The summed E-state index contributed by atoms with van der Waals surface area (Å²) in [7, 11) is 0. The highest BCUT2D eigenvalue weighted by Crippen LogP contribution is 2.26. The minimum atomic E-state index is -0.355. The van der Waals surface area contributed by atoms with Crippen LogP contribution in [0, 0.1) is 11.2 Å². The summed E-state index contributed by atoms with van der Waals surface area (Å²) in [6.07, 6.45) is 1.22.